The fourth-order valence-corrected chi connectivity index (χ4v) is 3.14. The van der Waals surface area contributed by atoms with Crippen LogP contribution in [0.25, 0.3) is 0 Å². The largest absolute Gasteiger partial charge is 0.271 e. The maximum atomic E-state index is 5.86. The zero-order valence-electron chi connectivity index (χ0n) is 12.4. The minimum atomic E-state index is 0.295. The molecule has 1 aliphatic rings. The van der Waals surface area contributed by atoms with E-state index in [-0.39, 0.29) is 0 Å². The van der Waals surface area contributed by atoms with Crippen LogP contribution in [0.3, 0.4) is 0 Å². The third-order valence-electron chi connectivity index (χ3n) is 4.64. The molecule has 2 nitrogen and oxygen atoms in total. The molecular formula is C17H28N2. The van der Waals surface area contributed by atoms with Crippen LogP contribution in [0, 0.1) is 5.92 Å². The van der Waals surface area contributed by atoms with Crippen LogP contribution in [0.5, 0.6) is 0 Å². The van der Waals surface area contributed by atoms with Crippen molar-refractivity contribution in [2.45, 2.75) is 64.3 Å². The Bertz CT molecular complexity index is 385. The highest BCUT2D eigenvalue weighted by Gasteiger charge is 2.26. The normalized spacial score (nSPS) is 18.9. The summed E-state index contributed by atoms with van der Waals surface area (Å²) in [5.74, 6) is 7.21. The number of nitrogens with one attached hydrogen (secondary N) is 1. The number of hydrazine groups is 1. The summed E-state index contributed by atoms with van der Waals surface area (Å²) < 4.78 is 0. The van der Waals surface area contributed by atoms with Gasteiger partial charge in [-0.1, -0.05) is 57.4 Å². The second-order valence-electron chi connectivity index (χ2n) is 6.02. The number of unbranched alkanes of at least 4 members (excludes halogenated alkanes) is 1. The van der Waals surface area contributed by atoms with E-state index in [1.807, 2.05) is 0 Å². The van der Waals surface area contributed by atoms with Crippen molar-refractivity contribution in [3.8, 4) is 0 Å². The number of hydrogen-bond donors (Lipinski definition) is 2. The molecule has 19 heavy (non-hydrogen) atoms. The summed E-state index contributed by atoms with van der Waals surface area (Å²) >= 11 is 0. The molecule has 0 saturated heterocycles. The van der Waals surface area contributed by atoms with Gasteiger partial charge in [0.1, 0.15) is 0 Å². The minimum Gasteiger partial charge on any atom is -0.271 e. The van der Waals surface area contributed by atoms with Crippen LogP contribution in [0.15, 0.2) is 24.3 Å². The lowest BCUT2D eigenvalue weighted by molar-refractivity contribution is 0.351. The van der Waals surface area contributed by atoms with Gasteiger partial charge in [0.15, 0.2) is 0 Å². The second kappa shape index (κ2) is 7.06. The molecule has 1 saturated carbocycles. The van der Waals surface area contributed by atoms with Crippen LogP contribution in [-0.4, -0.2) is 0 Å². The van der Waals surface area contributed by atoms with Crippen LogP contribution in [-0.2, 0) is 0 Å². The van der Waals surface area contributed by atoms with Gasteiger partial charge in [0.2, 0.25) is 0 Å². The standard InChI is InChI=1S/C17H28N2/c1-3-4-8-13(2)17(19-18)16-12-6-5-11-15(16)14-9-7-10-14/h5-6,11-14,17,19H,3-4,7-10,18H2,1-2H3. The van der Waals surface area contributed by atoms with Crippen molar-refractivity contribution < 1.29 is 0 Å². The Balaban J connectivity index is 2.17. The van der Waals surface area contributed by atoms with E-state index in [0.717, 1.165) is 5.92 Å². The second-order valence-corrected chi connectivity index (χ2v) is 6.02. The highest BCUT2D eigenvalue weighted by molar-refractivity contribution is 5.34. The van der Waals surface area contributed by atoms with Crippen molar-refractivity contribution >= 4 is 0 Å². The first kappa shape index (κ1) is 14.5. The third-order valence-corrected chi connectivity index (χ3v) is 4.64. The van der Waals surface area contributed by atoms with Crippen molar-refractivity contribution in [3.05, 3.63) is 35.4 Å². The SMILES string of the molecule is CCCCC(C)C(NN)c1ccccc1C1CCC1. The molecule has 3 N–H and O–H groups in total. The van der Waals surface area contributed by atoms with Crippen LogP contribution >= 0.6 is 0 Å². The predicted molar refractivity (Wildman–Crippen MR) is 81.8 cm³/mol. The van der Waals surface area contributed by atoms with Crippen molar-refractivity contribution in [1.82, 2.24) is 5.43 Å². The monoisotopic (exact) mass is 260 g/mol. The van der Waals surface area contributed by atoms with E-state index in [1.54, 1.807) is 0 Å². The van der Waals surface area contributed by atoms with Crippen molar-refractivity contribution in [3.63, 3.8) is 0 Å². The quantitative estimate of drug-likeness (QED) is 0.567. The molecule has 2 unspecified atom stereocenters. The molecular weight excluding hydrogens is 232 g/mol. The first-order valence-electron chi connectivity index (χ1n) is 7.82. The summed E-state index contributed by atoms with van der Waals surface area (Å²) in [6.07, 6.45) is 7.85. The van der Waals surface area contributed by atoms with Gasteiger partial charge in [0.05, 0.1) is 0 Å². The highest BCUT2D eigenvalue weighted by atomic mass is 15.2. The molecule has 2 rings (SSSR count). The Hall–Kier alpha value is -0.860. The van der Waals surface area contributed by atoms with E-state index in [0.29, 0.717) is 12.0 Å². The summed E-state index contributed by atoms with van der Waals surface area (Å²) in [6.45, 7) is 4.57. The van der Waals surface area contributed by atoms with Gasteiger partial charge in [-0.15, -0.1) is 0 Å². The molecule has 0 spiro atoms. The van der Waals surface area contributed by atoms with Gasteiger partial charge < -0.3 is 0 Å². The van der Waals surface area contributed by atoms with E-state index in [2.05, 4.69) is 43.5 Å². The lowest BCUT2D eigenvalue weighted by Gasteiger charge is -2.32. The summed E-state index contributed by atoms with van der Waals surface area (Å²) in [6, 6.07) is 9.18. The Morgan fingerprint density at radius 3 is 2.63 bits per heavy atom. The summed E-state index contributed by atoms with van der Waals surface area (Å²) in [5.41, 5.74) is 6.03. The molecule has 2 atom stereocenters. The van der Waals surface area contributed by atoms with Crippen LogP contribution in [0.2, 0.25) is 0 Å². The third kappa shape index (κ3) is 3.37. The molecule has 0 heterocycles. The molecule has 0 bridgehead atoms. The molecule has 1 fully saturated rings. The van der Waals surface area contributed by atoms with Gasteiger partial charge >= 0.3 is 0 Å². The van der Waals surface area contributed by atoms with Gasteiger partial charge in [-0.05, 0) is 42.2 Å². The maximum absolute atomic E-state index is 5.86. The van der Waals surface area contributed by atoms with E-state index < -0.39 is 0 Å². The number of rotatable bonds is 7. The van der Waals surface area contributed by atoms with E-state index in [1.165, 1.54) is 49.7 Å². The maximum Gasteiger partial charge on any atom is 0.0488 e. The minimum absolute atomic E-state index is 0.295. The molecule has 0 aromatic heterocycles. The lowest BCUT2D eigenvalue weighted by atomic mass is 9.75. The average molecular weight is 260 g/mol. The fourth-order valence-electron chi connectivity index (χ4n) is 3.14. The zero-order valence-corrected chi connectivity index (χ0v) is 12.4. The van der Waals surface area contributed by atoms with Crippen molar-refractivity contribution in [2.24, 2.45) is 11.8 Å². The molecule has 1 aliphatic carbocycles. The van der Waals surface area contributed by atoms with Crippen molar-refractivity contribution in [2.75, 3.05) is 0 Å². The Labute approximate surface area is 117 Å². The molecule has 0 radical (unpaired) electrons. The Kier molecular flexibility index (Phi) is 5.41. The molecule has 2 heteroatoms. The molecule has 1 aromatic carbocycles. The van der Waals surface area contributed by atoms with E-state index in [4.69, 9.17) is 5.84 Å². The van der Waals surface area contributed by atoms with Gasteiger partial charge in [0.25, 0.3) is 0 Å². The first-order valence-corrected chi connectivity index (χ1v) is 7.82. The Morgan fingerprint density at radius 1 is 1.32 bits per heavy atom. The fraction of sp³-hybridized carbons (Fsp3) is 0.647. The number of hydrogen-bond acceptors (Lipinski definition) is 2. The summed E-state index contributed by atoms with van der Waals surface area (Å²) in [7, 11) is 0. The molecule has 106 valence electrons. The predicted octanol–water partition coefficient (Wildman–Crippen LogP) is 4.28. The molecule has 0 amide bonds. The summed E-state index contributed by atoms with van der Waals surface area (Å²) in [5, 5.41) is 0. The Morgan fingerprint density at radius 2 is 2.05 bits per heavy atom. The topological polar surface area (TPSA) is 38.0 Å². The van der Waals surface area contributed by atoms with E-state index in [9.17, 15) is 0 Å². The van der Waals surface area contributed by atoms with Crippen LogP contribution in [0.1, 0.15) is 75.5 Å². The zero-order chi connectivity index (χ0) is 13.7. The van der Waals surface area contributed by atoms with Crippen LogP contribution < -0.4 is 11.3 Å². The number of benzene rings is 1. The van der Waals surface area contributed by atoms with Crippen LogP contribution in [0.4, 0.5) is 0 Å². The summed E-state index contributed by atoms with van der Waals surface area (Å²) in [4.78, 5) is 0. The van der Waals surface area contributed by atoms with Gasteiger partial charge in [-0.25, -0.2) is 0 Å². The smallest absolute Gasteiger partial charge is 0.0488 e. The highest BCUT2D eigenvalue weighted by Crippen LogP contribution is 2.40. The van der Waals surface area contributed by atoms with Gasteiger partial charge in [0, 0.05) is 6.04 Å². The first-order chi connectivity index (χ1) is 9.27. The van der Waals surface area contributed by atoms with Gasteiger partial charge in [-0.2, -0.15) is 0 Å². The number of nitrogens with two attached hydrogens (primary N) is 1. The molecule has 0 aliphatic heterocycles. The molecule has 1 aromatic rings. The van der Waals surface area contributed by atoms with Gasteiger partial charge in [-0.3, -0.25) is 11.3 Å². The van der Waals surface area contributed by atoms with E-state index >= 15 is 0 Å². The van der Waals surface area contributed by atoms with Crippen molar-refractivity contribution in [1.29, 1.82) is 0 Å². The lowest BCUT2D eigenvalue weighted by Crippen LogP contribution is -2.33. The average Bonchev–Trinajstić information content (AvgIpc) is 2.37.